The fraction of sp³-hybridized carbons (Fsp3) is 0.588. The number of nitrogens with zero attached hydrogens (tertiary/aromatic N) is 1. The molecule has 3 nitrogen and oxygen atoms in total. The first-order valence-corrected chi connectivity index (χ1v) is 8.57. The van der Waals surface area contributed by atoms with Crippen molar-refractivity contribution in [1.82, 2.24) is 4.90 Å². The Bertz CT molecular complexity index is 460. The highest BCUT2D eigenvalue weighted by atomic mass is 79.9. The molecule has 1 aliphatic rings. The van der Waals surface area contributed by atoms with Crippen molar-refractivity contribution in [3.05, 3.63) is 34.3 Å². The van der Waals surface area contributed by atoms with Crippen molar-refractivity contribution < 1.29 is 9.90 Å². The van der Waals surface area contributed by atoms with Crippen LogP contribution in [0.25, 0.3) is 0 Å². The summed E-state index contributed by atoms with van der Waals surface area (Å²) < 4.78 is 1.06. The Morgan fingerprint density at radius 2 is 2.14 bits per heavy atom. The predicted molar refractivity (Wildman–Crippen MR) is 88.2 cm³/mol. The molecule has 1 aromatic carbocycles. The lowest BCUT2D eigenvalue weighted by atomic mass is 9.97. The van der Waals surface area contributed by atoms with Crippen LogP contribution in [0.1, 0.15) is 50.5 Å². The Morgan fingerprint density at radius 3 is 2.81 bits per heavy atom. The van der Waals surface area contributed by atoms with Crippen molar-refractivity contribution in [2.45, 2.75) is 51.0 Å². The number of amides is 1. The first kappa shape index (κ1) is 16.5. The SMILES string of the molecule is CC(CC(=O)N1CCCC1CCCO)c1ccc(Br)cc1. The maximum absolute atomic E-state index is 12.5. The zero-order valence-electron chi connectivity index (χ0n) is 12.6. The average Bonchev–Trinajstić information content (AvgIpc) is 2.94. The molecule has 2 unspecified atom stereocenters. The minimum Gasteiger partial charge on any atom is -0.396 e. The lowest BCUT2D eigenvalue weighted by Gasteiger charge is -2.26. The van der Waals surface area contributed by atoms with Gasteiger partial charge >= 0.3 is 0 Å². The van der Waals surface area contributed by atoms with Gasteiger partial charge in [-0.2, -0.15) is 0 Å². The van der Waals surface area contributed by atoms with Gasteiger partial charge < -0.3 is 10.0 Å². The molecule has 1 amide bonds. The molecule has 2 atom stereocenters. The second kappa shape index (κ2) is 7.95. The molecule has 4 heteroatoms. The molecule has 1 aromatic rings. The van der Waals surface area contributed by atoms with Gasteiger partial charge in [-0.05, 0) is 49.3 Å². The van der Waals surface area contributed by atoms with Gasteiger partial charge in [-0.3, -0.25) is 4.79 Å². The maximum atomic E-state index is 12.5. The van der Waals surface area contributed by atoms with Crippen molar-refractivity contribution in [1.29, 1.82) is 0 Å². The van der Waals surface area contributed by atoms with Gasteiger partial charge in [0.15, 0.2) is 0 Å². The second-order valence-electron chi connectivity index (χ2n) is 5.91. The summed E-state index contributed by atoms with van der Waals surface area (Å²) in [5.41, 5.74) is 1.21. The third-order valence-corrected chi connectivity index (χ3v) is 4.84. The molecule has 0 aromatic heterocycles. The van der Waals surface area contributed by atoms with E-state index < -0.39 is 0 Å². The summed E-state index contributed by atoms with van der Waals surface area (Å²) in [6, 6.07) is 8.54. The summed E-state index contributed by atoms with van der Waals surface area (Å²) in [5.74, 6) is 0.496. The summed E-state index contributed by atoms with van der Waals surface area (Å²) >= 11 is 3.44. The third kappa shape index (κ3) is 4.55. The van der Waals surface area contributed by atoms with Gasteiger partial charge in [-0.1, -0.05) is 35.0 Å². The molecule has 0 saturated carbocycles. The fourth-order valence-electron chi connectivity index (χ4n) is 3.08. The Morgan fingerprint density at radius 1 is 1.43 bits per heavy atom. The highest BCUT2D eigenvalue weighted by Crippen LogP contribution is 2.26. The van der Waals surface area contributed by atoms with Crippen molar-refractivity contribution in [2.24, 2.45) is 0 Å². The third-order valence-electron chi connectivity index (χ3n) is 4.31. The van der Waals surface area contributed by atoms with Crippen LogP contribution in [0.2, 0.25) is 0 Å². The van der Waals surface area contributed by atoms with Gasteiger partial charge in [0.1, 0.15) is 0 Å². The first-order valence-electron chi connectivity index (χ1n) is 7.77. The quantitative estimate of drug-likeness (QED) is 0.846. The molecular weight excluding hydrogens is 330 g/mol. The van der Waals surface area contributed by atoms with Crippen LogP contribution in [0.4, 0.5) is 0 Å². The topological polar surface area (TPSA) is 40.5 Å². The van der Waals surface area contributed by atoms with Crippen LogP contribution >= 0.6 is 15.9 Å². The van der Waals surface area contributed by atoms with Gasteiger partial charge in [-0.25, -0.2) is 0 Å². The molecule has 0 radical (unpaired) electrons. The number of hydrogen-bond acceptors (Lipinski definition) is 2. The lowest BCUT2D eigenvalue weighted by molar-refractivity contribution is -0.132. The van der Waals surface area contributed by atoms with Crippen molar-refractivity contribution in [3.8, 4) is 0 Å². The molecule has 1 saturated heterocycles. The van der Waals surface area contributed by atoms with E-state index in [9.17, 15) is 4.79 Å². The second-order valence-corrected chi connectivity index (χ2v) is 6.82. The van der Waals surface area contributed by atoms with Gasteiger partial charge in [0, 0.05) is 30.1 Å². The molecule has 21 heavy (non-hydrogen) atoms. The molecule has 0 bridgehead atoms. The minimum atomic E-state index is 0.216. The molecule has 1 heterocycles. The molecular formula is C17H24BrNO2. The van der Waals surface area contributed by atoms with Gasteiger partial charge in [0.2, 0.25) is 5.91 Å². The van der Waals surface area contributed by atoms with Gasteiger partial charge in [0.25, 0.3) is 0 Å². The lowest BCUT2D eigenvalue weighted by Crippen LogP contribution is -2.36. The van der Waals surface area contributed by atoms with E-state index in [1.807, 2.05) is 17.0 Å². The Labute approximate surface area is 135 Å². The average molecular weight is 354 g/mol. The standard InChI is InChI=1S/C17H24BrNO2/c1-13(14-6-8-15(18)9-7-14)12-17(21)19-10-2-4-16(19)5-3-11-20/h6-9,13,16,20H,2-5,10-12H2,1H3. The van der Waals surface area contributed by atoms with Crippen LogP contribution in [0.3, 0.4) is 0 Å². The number of aliphatic hydroxyl groups excluding tert-OH is 1. The molecule has 1 N–H and O–H groups in total. The maximum Gasteiger partial charge on any atom is 0.223 e. The zero-order valence-corrected chi connectivity index (χ0v) is 14.2. The molecule has 0 aliphatic carbocycles. The van der Waals surface area contributed by atoms with Crippen LogP contribution in [-0.4, -0.2) is 35.1 Å². The number of benzene rings is 1. The van der Waals surface area contributed by atoms with E-state index in [-0.39, 0.29) is 18.4 Å². The number of aliphatic hydroxyl groups is 1. The summed E-state index contributed by atoms with van der Waals surface area (Å²) in [6.45, 7) is 3.20. The molecule has 0 spiro atoms. The van der Waals surface area contributed by atoms with Crippen molar-refractivity contribution in [2.75, 3.05) is 13.2 Å². The highest BCUT2D eigenvalue weighted by molar-refractivity contribution is 9.10. The van der Waals surface area contributed by atoms with Crippen LogP contribution in [0.5, 0.6) is 0 Å². The van der Waals surface area contributed by atoms with E-state index in [2.05, 4.69) is 35.0 Å². The van der Waals surface area contributed by atoms with Gasteiger partial charge in [-0.15, -0.1) is 0 Å². The van der Waals surface area contributed by atoms with Crippen LogP contribution < -0.4 is 0 Å². The molecule has 116 valence electrons. The van der Waals surface area contributed by atoms with E-state index in [1.165, 1.54) is 5.56 Å². The Hall–Kier alpha value is -0.870. The summed E-state index contributed by atoms with van der Waals surface area (Å²) in [4.78, 5) is 14.6. The number of carbonyl (C=O) groups is 1. The molecule has 2 rings (SSSR count). The number of halogens is 1. The van der Waals surface area contributed by atoms with Crippen LogP contribution in [0, 0.1) is 0 Å². The summed E-state index contributed by atoms with van der Waals surface area (Å²) in [5, 5.41) is 8.96. The largest absolute Gasteiger partial charge is 0.396 e. The van der Waals surface area contributed by atoms with Crippen LogP contribution in [0.15, 0.2) is 28.7 Å². The summed E-state index contributed by atoms with van der Waals surface area (Å²) in [6.07, 6.45) is 4.45. The van der Waals surface area contributed by atoms with E-state index in [0.29, 0.717) is 12.5 Å². The normalized spacial score (nSPS) is 19.8. The predicted octanol–water partition coefficient (Wildman–Crippen LogP) is 3.71. The van der Waals surface area contributed by atoms with Crippen molar-refractivity contribution >= 4 is 21.8 Å². The van der Waals surface area contributed by atoms with E-state index in [4.69, 9.17) is 5.11 Å². The summed E-state index contributed by atoms with van der Waals surface area (Å²) in [7, 11) is 0. The fourth-order valence-corrected chi connectivity index (χ4v) is 3.34. The smallest absolute Gasteiger partial charge is 0.223 e. The number of carbonyl (C=O) groups excluding carboxylic acids is 1. The first-order chi connectivity index (χ1) is 10.1. The Balaban J connectivity index is 1.92. The van der Waals surface area contributed by atoms with Crippen molar-refractivity contribution in [3.63, 3.8) is 0 Å². The molecule has 1 fully saturated rings. The van der Waals surface area contributed by atoms with E-state index in [1.54, 1.807) is 0 Å². The number of hydrogen-bond donors (Lipinski definition) is 1. The number of likely N-dealkylation sites (tertiary alicyclic amines) is 1. The monoisotopic (exact) mass is 353 g/mol. The highest BCUT2D eigenvalue weighted by Gasteiger charge is 2.28. The minimum absolute atomic E-state index is 0.216. The Kier molecular flexibility index (Phi) is 6.24. The number of rotatable bonds is 6. The zero-order chi connectivity index (χ0) is 15.2. The van der Waals surface area contributed by atoms with E-state index >= 15 is 0 Å². The van der Waals surface area contributed by atoms with E-state index in [0.717, 1.165) is 36.7 Å². The van der Waals surface area contributed by atoms with Crippen LogP contribution in [-0.2, 0) is 4.79 Å². The van der Waals surface area contributed by atoms with Gasteiger partial charge in [0.05, 0.1) is 0 Å². The molecule has 1 aliphatic heterocycles.